The topological polar surface area (TPSA) is 172 Å². The Bertz CT molecular complexity index is 2020. The number of nitrogens with one attached hydrogen (secondary N) is 4. The van der Waals surface area contributed by atoms with Crippen molar-refractivity contribution in [2.45, 2.75) is 38.8 Å². The van der Waals surface area contributed by atoms with Gasteiger partial charge in [-0.3, -0.25) is 24.2 Å². The van der Waals surface area contributed by atoms with E-state index in [4.69, 9.17) is 9.47 Å². The van der Waals surface area contributed by atoms with Crippen molar-refractivity contribution in [1.82, 2.24) is 26.5 Å². The Morgan fingerprint density at radius 3 is 1.29 bits per heavy atom. The van der Waals surface area contributed by atoms with E-state index in [9.17, 15) is 19.2 Å². The Morgan fingerprint density at radius 1 is 0.554 bits per heavy atom. The third-order valence-electron chi connectivity index (χ3n) is 8.75. The molecule has 0 aliphatic rings. The van der Waals surface area contributed by atoms with Crippen LogP contribution in [-0.2, 0) is 22.4 Å². The van der Waals surface area contributed by atoms with Crippen LogP contribution >= 0.6 is 0 Å². The van der Waals surface area contributed by atoms with Gasteiger partial charge < -0.3 is 20.1 Å². The lowest BCUT2D eigenvalue weighted by molar-refractivity contribution is -0.123. The number of hydrogen-bond donors (Lipinski definition) is 4. The summed E-state index contributed by atoms with van der Waals surface area (Å²) in [5.74, 6) is -0.993. The highest BCUT2D eigenvalue weighted by Gasteiger charge is 2.25. The molecular weight excluding hydrogens is 711 g/mol. The monoisotopic (exact) mass is 753 g/mol. The van der Waals surface area contributed by atoms with Gasteiger partial charge in [0.15, 0.2) is 0 Å². The van der Waals surface area contributed by atoms with Gasteiger partial charge in [-0.05, 0) is 90.7 Å². The number of rotatable bonds is 16. The summed E-state index contributed by atoms with van der Waals surface area (Å²) in [6, 6.07) is 32.2. The molecule has 4 amide bonds. The van der Waals surface area contributed by atoms with Crippen molar-refractivity contribution in [3.8, 4) is 11.5 Å². The summed E-state index contributed by atoms with van der Waals surface area (Å²) in [5.41, 5.74) is 9.46. The SMILES string of the molecule is COc1ccc(/C(C)=N/NC(=O)[C@H](Cc2ccccc2)NC(=O)c2cncc(C(=O)N[C@@H](Cc3ccccc3)C(=O)N/N=C(\C)c3ccc(OC)cc3)c2)cc1. The first-order chi connectivity index (χ1) is 27.1. The van der Waals surface area contributed by atoms with E-state index in [1.54, 1.807) is 52.3 Å². The smallest absolute Gasteiger partial charge is 0.262 e. The average Bonchev–Trinajstić information content (AvgIpc) is 3.24. The van der Waals surface area contributed by atoms with Crippen molar-refractivity contribution in [2.24, 2.45) is 10.2 Å². The molecule has 0 fully saturated rings. The van der Waals surface area contributed by atoms with E-state index in [1.807, 2.05) is 84.9 Å². The lowest BCUT2D eigenvalue weighted by Gasteiger charge is -2.19. The van der Waals surface area contributed by atoms with Gasteiger partial charge in [-0.25, -0.2) is 10.9 Å². The molecule has 5 rings (SSSR count). The van der Waals surface area contributed by atoms with Gasteiger partial charge in [-0.2, -0.15) is 10.2 Å². The van der Waals surface area contributed by atoms with Crippen LogP contribution in [0.3, 0.4) is 0 Å². The molecule has 286 valence electrons. The summed E-state index contributed by atoms with van der Waals surface area (Å²) < 4.78 is 10.4. The summed E-state index contributed by atoms with van der Waals surface area (Å²) in [4.78, 5) is 58.3. The number of benzene rings is 4. The van der Waals surface area contributed by atoms with Gasteiger partial charge in [0.25, 0.3) is 23.6 Å². The van der Waals surface area contributed by atoms with E-state index in [-0.39, 0.29) is 24.0 Å². The molecule has 4 aromatic carbocycles. The third-order valence-corrected chi connectivity index (χ3v) is 8.75. The molecule has 0 aliphatic heterocycles. The van der Waals surface area contributed by atoms with E-state index in [1.165, 1.54) is 18.5 Å². The molecule has 2 atom stereocenters. The number of amides is 4. The van der Waals surface area contributed by atoms with E-state index < -0.39 is 35.7 Å². The molecule has 5 aromatic rings. The molecule has 0 saturated carbocycles. The lowest BCUT2D eigenvalue weighted by atomic mass is 10.0. The Balaban J connectivity index is 1.30. The molecule has 0 bridgehead atoms. The van der Waals surface area contributed by atoms with Crippen LogP contribution in [0.1, 0.15) is 56.8 Å². The highest BCUT2D eigenvalue weighted by atomic mass is 16.5. The van der Waals surface area contributed by atoms with Crippen LogP contribution in [0.25, 0.3) is 0 Å². The molecule has 0 saturated heterocycles. The zero-order valence-electron chi connectivity index (χ0n) is 31.5. The van der Waals surface area contributed by atoms with Gasteiger partial charge in [0.2, 0.25) is 0 Å². The maximum atomic E-state index is 13.6. The third kappa shape index (κ3) is 11.4. The molecule has 1 heterocycles. The predicted molar refractivity (Wildman–Crippen MR) is 214 cm³/mol. The Morgan fingerprint density at radius 2 is 0.929 bits per heavy atom. The second-order valence-electron chi connectivity index (χ2n) is 12.7. The van der Waals surface area contributed by atoms with Crippen LogP contribution < -0.4 is 31.0 Å². The van der Waals surface area contributed by atoms with Gasteiger partial charge in [0.1, 0.15) is 23.6 Å². The van der Waals surface area contributed by atoms with Gasteiger partial charge in [-0.15, -0.1) is 0 Å². The molecule has 0 unspecified atom stereocenters. The first kappa shape index (κ1) is 40.0. The van der Waals surface area contributed by atoms with Crippen molar-refractivity contribution >= 4 is 35.1 Å². The Labute approximate surface area is 325 Å². The standard InChI is InChI=1S/C43H43N7O6/c1-28(32-15-19-36(55-3)20-16-32)47-49-42(53)38(23-30-11-7-5-8-12-30)45-40(51)34-25-35(27-44-26-34)41(52)46-39(24-31-13-9-6-10-14-31)43(54)50-48-29(2)33-17-21-37(56-4)22-18-33/h5-22,25-27,38-39H,23-24H2,1-4H3,(H,45,51)(H,46,52)(H,49,53)(H,50,54)/b47-28+,48-29+/t38-,39-/m0/s1. The summed E-state index contributed by atoms with van der Waals surface area (Å²) in [6.45, 7) is 3.50. The number of hydrogen-bond acceptors (Lipinski definition) is 9. The maximum absolute atomic E-state index is 13.6. The molecule has 0 aliphatic carbocycles. The molecule has 0 spiro atoms. The number of methoxy groups -OCH3 is 2. The fraction of sp³-hybridized carbons (Fsp3) is 0.186. The second-order valence-corrected chi connectivity index (χ2v) is 12.7. The molecule has 0 radical (unpaired) electrons. The molecular formula is C43H43N7O6. The van der Waals surface area contributed by atoms with Crippen molar-refractivity contribution in [3.63, 3.8) is 0 Å². The molecule has 13 heteroatoms. The lowest BCUT2D eigenvalue weighted by Crippen LogP contribution is -2.47. The molecule has 56 heavy (non-hydrogen) atoms. The summed E-state index contributed by atoms with van der Waals surface area (Å²) >= 11 is 0. The zero-order valence-corrected chi connectivity index (χ0v) is 31.5. The highest BCUT2D eigenvalue weighted by molar-refractivity contribution is 6.03. The second kappa shape index (κ2) is 19.8. The van der Waals surface area contributed by atoms with E-state index >= 15 is 0 Å². The van der Waals surface area contributed by atoms with Crippen molar-refractivity contribution in [3.05, 3.63) is 161 Å². The van der Waals surface area contributed by atoms with E-state index in [0.717, 1.165) is 22.3 Å². The number of ether oxygens (including phenoxy) is 2. The Hall–Kier alpha value is -7.15. The van der Waals surface area contributed by atoms with E-state index in [0.29, 0.717) is 22.9 Å². The minimum atomic E-state index is -1.03. The average molecular weight is 754 g/mol. The first-order valence-corrected chi connectivity index (χ1v) is 17.7. The number of carbonyl (C=O) groups is 4. The van der Waals surface area contributed by atoms with Crippen LogP contribution in [-0.4, -0.2) is 66.3 Å². The van der Waals surface area contributed by atoms with Crippen molar-refractivity contribution in [1.29, 1.82) is 0 Å². The number of pyridine rings is 1. The maximum Gasteiger partial charge on any atom is 0.262 e. The van der Waals surface area contributed by atoms with Crippen LogP contribution in [0.15, 0.2) is 138 Å². The molecule has 1 aromatic heterocycles. The number of hydrazone groups is 2. The first-order valence-electron chi connectivity index (χ1n) is 17.7. The quantitative estimate of drug-likeness (QED) is 0.0823. The molecule has 4 N–H and O–H groups in total. The van der Waals surface area contributed by atoms with Gasteiger partial charge in [0, 0.05) is 25.2 Å². The minimum Gasteiger partial charge on any atom is -0.497 e. The zero-order chi connectivity index (χ0) is 39.9. The van der Waals surface area contributed by atoms with Crippen LogP contribution in [0.5, 0.6) is 11.5 Å². The highest BCUT2D eigenvalue weighted by Crippen LogP contribution is 2.14. The van der Waals surface area contributed by atoms with Crippen molar-refractivity contribution < 1.29 is 28.7 Å². The predicted octanol–water partition coefficient (Wildman–Crippen LogP) is 4.86. The fourth-order valence-corrected chi connectivity index (χ4v) is 5.52. The van der Waals surface area contributed by atoms with Gasteiger partial charge in [-0.1, -0.05) is 60.7 Å². The van der Waals surface area contributed by atoms with Crippen LogP contribution in [0.4, 0.5) is 0 Å². The fourth-order valence-electron chi connectivity index (χ4n) is 5.52. The van der Waals surface area contributed by atoms with E-state index in [2.05, 4.69) is 36.7 Å². The minimum absolute atomic E-state index is 0.0326. The number of nitrogens with zero attached hydrogens (tertiary/aromatic N) is 3. The largest absolute Gasteiger partial charge is 0.497 e. The number of aromatic nitrogens is 1. The molecule has 13 nitrogen and oxygen atoms in total. The van der Waals surface area contributed by atoms with Crippen LogP contribution in [0, 0.1) is 0 Å². The normalized spacial score (nSPS) is 12.4. The summed E-state index contributed by atoms with van der Waals surface area (Å²) in [5, 5.41) is 14.1. The van der Waals surface area contributed by atoms with Crippen molar-refractivity contribution in [2.75, 3.05) is 14.2 Å². The summed E-state index contributed by atoms with van der Waals surface area (Å²) in [6.07, 6.45) is 2.92. The number of carbonyl (C=O) groups excluding carboxylic acids is 4. The van der Waals surface area contributed by atoms with Gasteiger partial charge >= 0.3 is 0 Å². The van der Waals surface area contributed by atoms with Crippen LogP contribution in [0.2, 0.25) is 0 Å². The van der Waals surface area contributed by atoms with Gasteiger partial charge in [0.05, 0.1) is 36.8 Å². The summed E-state index contributed by atoms with van der Waals surface area (Å²) in [7, 11) is 3.15. The Kier molecular flexibility index (Phi) is 14.2.